The first-order valence-corrected chi connectivity index (χ1v) is 7.49. The zero-order chi connectivity index (χ0) is 12.4. The Bertz CT molecular complexity index is 547. The van der Waals surface area contributed by atoms with Gasteiger partial charge in [-0.3, -0.25) is 5.01 Å². The standard InChI is InChI=1S/C12H12N4S2/c13-16-8-18-10-6-14-12(15-11(10)16)17-7-9-4-2-1-3-5-9/h1-6H,7-8,13H2. The summed E-state index contributed by atoms with van der Waals surface area (Å²) in [6, 6.07) is 10.3. The van der Waals surface area contributed by atoms with Crippen LogP contribution in [-0.4, -0.2) is 15.8 Å². The summed E-state index contributed by atoms with van der Waals surface area (Å²) in [4.78, 5) is 9.89. The van der Waals surface area contributed by atoms with Crippen LogP contribution in [0.1, 0.15) is 5.56 Å². The lowest BCUT2D eigenvalue weighted by Crippen LogP contribution is -2.27. The molecule has 92 valence electrons. The molecule has 1 aromatic heterocycles. The molecule has 1 aromatic carbocycles. The fourth-order valence-corrected chi connectivity index (χ4v) is 3.23. The van der Waals surface area contributed by atoms with Gasteiger partial charge in [-0.05, 0) is 5.56 Å². The molecule has 0 saturated heterocycles. The molecule has 0 unspecified atom stereocenters. The quantitative estimate of drug-likeness (QED) is 0.528. The minimum absolute atomic E-state index is 0.747. The molecule has 0 aliphatic carbocycles. The van der Waals surface area contributed by atoms with Crippen molar-refractivity contribution in [3.05, 3.63) is 42.1 Å². The maximum absolute atomic E-state index is 5.84. The smallest absolute Gasteiger partial charge is 0.189 e. The average Bonchev–Trinajstić information content (AvgIpc) is 2.79. The highest BCUT2D eigenvalue weighted by Gasteiger charge is 2.19. The van der Waals surface area contributed by atoms with E-state index in [2.05, 4.69) is 22.1 Å². The Morgan fingerprint density at radius 2 is 2.17 bits per heavy atom. The summed E-state index contributed by atoms with van der Waals surface area (Å²) in [6.07, 6.45) is 1.85. The van der Waals surface area contributed by atoms with Crippen molar-refractivity contribution >= 4 is 29.3 Å². The SMILES string of the molecule is NN1CSc2cnc(SCc3ccccc3)nc21. The van der Waals surface area contributed by atoms with Crippen molar-refractivity contribution in [1.29, 1.82) is 0 Å². The van der Waals surface area contributed by atoms with Gasteiger partial charge in [-0.15, -0.1) is 0 Å². The Balaban J connectivity index is 1.72. The number of fused-ring (bicyclic) bond motifs is 1. The lowest BCUT2D eigenvalue weighted by atomic mass is 10.2. The van der Waals surface area contributed by atoms with Gasteiger partial charge in [-0.25, -0.2) is 15.8 Å². The van der Waals surface area contributed by atoms with E-state index in [0.29, 0.717) is 0 Å². The number of rotatable bonds is 3. The minimum atomic E-state index is 0.747. The van der Waals surface area contributed by atoms with Crippen molar-refractivity contribution < 1.29 is 0 Å². The predicted octanol–water partition coefficient (Wildman–Crippen LogP) is 2.51. The number of benzene rings is 1. The Hall–Kier alpha value is -1.24. The van der Waals surface area contributed by atoms with Crippen LogP contribution in [0, 0.1) is 0 Å². The molecule has 2 aromatic rings. The van der Waals surface area contributed by atoms with Gasteiger partial charge in [0.05, 0.1) is 10.8 Å². The maximum atomic E-state index is 5.84. The van der Waals surface area contributed by atoms with Gasteiger partial charge in [0, 0.05) is 11.9 Å². The lowest BCUT2D eigenvalue weighted by molar-refractivity contribution is 0.872. The van der Waals surface area contributed by atoms with Crippen LogP contribution in [0.25, 0.3) is 0 Å². The highest BCUT2D eigenvalue weighted by atomic mass is 32.2. The molecule has 0 amide bonds. The van der Waals surface area contributed by atoms with Gasteiger partial charge in [0.2, 0.25) is 0 Å². The van der Waals surface area contributed by atoms with Crippen LogP contribution < -0.4 is 10.9 Å². The highest BCUT2D eigenvalue weighted by molar-refractivity contribution is 8.00. The van der Waals surface area contributed by atoms with E-state index in [1.807, 2.05) is 24.4 Å². The van der Waals surface area contributed by atoms with E-state index in [9.17, 15) is 0 Å². The van der Waals surface area contributed by atoms with Crippen molar-refractivity contribution in [2.75, 3.05) is 10.9 Å². The number of hydrogen-bond donors (Lipinski definition) is 1. The fourth-order valence-electron chi connectivity index (χ4n) is 1.65. The zero-order valence-electron chi connectivity index (χ0n) is 9.61. The molecule has 0 fully saturated rings. The lowest BCUT2D eigenvalue weighted by Gasteiger charge is -2.09. The molecular weight excluding hydrogens is 264 g/mol. The number of thioether (sulfide) groups is 2. The number of nitrogens with two attached hydrogens (primary N) is 1. The van der Waals surface area contributed by atoms with Crippen LogP contribution >= 0.6 is 23.5 Å². The molecule has 6 heteroatoms. The second-order valence-corrected chi connectivity index (χ2v) is 5.79. The van der Waals surface area contributed by atoms with E-state index in [0.717, 1.165) is 27.5 Å². The maximum Gasteiger partial charge on any atom is 0.189 e. The molecule has 1 aliphatic rings. The predicted molar refractivity (Wildman–Crippen MR) is 75.4 cm³/mol. The van der Waals surface area contributed by atoms with Gasteiger partial charge in [0.15, 0.2) is 11.0 Å². The monoisotopic (exact) mass is 276 g/mol. The van der Waals surface area contributed by atoms with Crippen molar-refractivity contribution in [1.82, 2.24) is 9.97 Å². The van der Waals surface area contributed by atoms with Crippen LogP contribution in [0.15, 0.2) is 46.6 Å². The van der Waals surface area contributed by atoms with Crippen molar-refractivity contribution in [3.63, 3.8) is 0 Å². The Morgan fingerprint density at radius 1 is 1.33 bits per heavy atom. The molecule has 3 rings (SSSR count). The molecule has 0 saturated carbocycles. The van der Waals surface area contributed by atoms with Crippen LogP contribution in [0.5, 0.6) is 0 Å². The van der Waals surface area contributed by atoms with E-state index in [-0.39, 0.29) is 0 Å². The van der Waals surface area contributed by atoms with E-state index < -0.39 is 0 Å². The third-order valence-corrected chi connectivity index (χ3v) is 4.49. The van der Waals surface area contributed by atoms with Gasteiger partial charge in [0.25, 0.3) is 0 Å². The van der Waals surface area contributed by atoms with Crippen LogP contribution in [0.4, 0.5) is 5.82 Å². The second kappa shape index (κ2) is 5.17. The van der Waals surface area contributed by atoms with E-state index >= 15 is 0 Å². The minimum Gasteiger partial charge on any atom is -0.283 e. The van der Waals surface area contributed by atoms with E-state index in [1.165, 1.54) is 5.56 Å². The molecule has 0 atom stereocenters. The summed E-state index contributed by atoms with van der Waals surface area (Å²) in [5.41, 5.74) is 1.27. The molecule has 4 nitrogen and oxygen atoms in total. The number of aromatic nitrogens is 2. The molecule has 1 aliphatic heterocycles. The van der Waals surface area contributed by atoms with Crippen molar-refractivity contribution in [2.24, 2.45) is 5.84 Å². The number of hydrogen-bond acceptors (Lipinski definition) is 6. The van der Waals surface area contributed by atoms with Gasteiger partial charge < -0.3 is 0 Å². The largest absolute Gasteiger partial charge is 0.283 e. The fraction of sp³-hybridized carbons (Fsp3) is 0.167. The first-order valence-electron chi connectivity index (χ1n) is 5.52. The summed E-state index contributed by atoms with van der Waals surface area (Å²) >= 11 is 3.29. The second-order valence-electron chi connectivity index (χ2n) is 3.86. The molecule has 0 bridgehead atoms. The third kappa shape index (κ3) is 2.45. The molecular formula is C12H12N4S2. The van der Waals surface area contributed by atoms with Crippen LogP contribution in [0.2, 0.25) is 0 Å². The zero-order valence-corrected chi connectivity index (χ0v) is 11.2. The van der Waals surface area contributed by atoms with Crippen molar-refractivity contribution in [3.8, 4) is 0 Å². The summed E-state index contributed by atoms with van der Waals surface area (Å²) in [6.45, 7) is 0. The summed E-state index contributed by atoms with van der Waals surface area (Å²) in [5, 5.41) is 2.43. The topological polar surface area (TPSA) is 55.0 Å². The highest BCUT2D eigenvalue weighted by Crippen LogP contribution is 2.35. The van der Waals surface area contributed by atoms with Crippen molar-refractivity contribution in [2.45, 2.75) is 15.8 Å². The Morgan fingerprint density at radius 3 is 3.00 bits per heavy atom. The van der Waals surface area contributed by atoms with E-state index in [4.69, 9.17) is 5.84 Å². The molecule has 0 spiro atoms. The van der Waals surface area contributed by atoms with Gasteiger partial charge in [-0.2, -0.15) is 0 Å². The average molecular weight is 276 g/mol. The number of nitrogens with zero attached hydrogens (tertiary/aromatic N) is 3. The normalized spacial score (nSPS) is 13.7. The summed E-state index contributed by atoms with van der Waals surface area (Å²) in [5.74, 6) is 8.29. The third-order valence-electron chi connectivity index (χ3n) is 2.56. The molecule has 18 heavy (non-hydrogen) atoms. The van der Waals surface area contributed by atoms with Crippen LogP contribution in [0.3, 0.4) is 0 Å². The summed E-state index contributed by atoms with van der Waals surface area (Å²) in [7, 11) is 0. The molecule has 2 N–H and O–H groups in total. The van der Waals surface area contributed by atoms with Gasteiger partial charge in [-0.1, -0.05) is 53.9 Å². The Labute approximate surface area is 114 Å². The van der Waals surface area contributed by atoms with E-state index in [1.54, 1.807) is 28.5 Å². The van der Waals surface area contributed by atoms with Gasteiger partial charge >= 0.3 is 0 Å². The first kappa shape index (κ1) is 11.8. The molecule has 2 heterocycles. The number of hydrazine groups is 1. The number of anilines is 1. The van der Waals surface area contributed by atoms with Gasteiger partial charge in [0.1, 0.15) is 0 Å². The summed E-state index contributed by atoms with van der Waals surface area (Å²) < 4.78 is 0. The first-order chi connectivity index (χ1) is 8.83. The van der Waals surface area contributed by atoms with Crippen LogP contribution in [-0.2, 0) is 5.75 Å². The molecule has 0 radical (unpaired) electrons. The Kier molecular flexibility index (Phi) is 3.40.